The lowest BCUT2D eigenvalue weighted by Crippen LogP contribution is -2.33. The van der Waals surface area contributed by atoms with Crippen LogP contribution in [0.1, 0.15) is 48.5 Å². The van der Waals surface area contributed by atoms with Crippen molar-refractivity contribution in [2.45, 2.75) is 63.5 Å². The highest BCUT2D eigenvalue weighted by atomic mass is 16.6. The minimum Gasteiger partial charge on any atom is -0.491 e. The van der Waals surface area contributed by atoms with Crippen LogP contribution >= 0.6 is 0 Å². The fraction of sp³-hybridized carbons (Fsp3) is 0.361. The van der Waals surface area contributed by atoms with Gasteiger partial charge in [0, 0.05) is 26.1 Å². The Labute approximate surface area is 274 Å². The van der Waals surface area contributed by atoms with Gasteiger partial charge in [0.25, 0.3) is 0 Å². The predicted molar refractivity (Wildman–Crippen MR) is 179 cm³/mol. The van der Waals surface area contributed by atoms with Crippen molar-refractivity contribution in [2.24, 2.45) is 0 Å². The number of hydrogen-bond acceptors (Lipinski definition) is 10. The smallest absolute Gasteiger partial charge is 0.168 e. The Balaban J connectivity index is 1.28. The highest BCUT2D eigenvalue weighted by molar-refractivity contribution is 5.83. The van der Waals surface area contributed by atoms with Crippen LogP contribution in [0.15, 0.2) is 91.3 Å². The summed E-state index contributed by atoms with van der Waals surface area (Å²) in [6.45, 7) is 5.69. The molecule has 0 saturated carbocycles. The van der Waals surface area contributed by atoms with Crippen molar-refractivity contribution in [2.75, 3.05) is 25.6 Å². The molecule has 4 N–H and O–H groups in total. The van der Waals surface area contributed by atoms with Gasteiger partial charge >= 0.3 is 0 Å². The van der Waals surface area contributed by atoms with E-state index in [4.69, 9.17) is 24.2 Å². The van der Waals surface area contributed by atoms with Crippen molar-refractivity contribution in [1.29, 1.82) is 0 Å². The molecule has 0 aliphatic carbocycles. The number of imidazole rings is 1. The third kappa shape index (κ3) is 7.61. The van der Waals surface area contributed by atoms with E-state index in [0.29, 0.717) is 42.4 Å². The molecule has 3 heterocycles. The van der Waals surface area contributed by atoms with Crippen LogP contribution < -0.4 is 15.4 Å². The van der Waals surface area contributed by atoms with E-state index >= 15 is 0 Å². The largest absolute Gasteiger partial charge is 0.491 e. The van der Waals surface area contributed by atoms with Crippen LogP contribution in [0, 0.1) is 0 Å². The number of methoxy groups -OCH3 is 1. The van der Waals surface area contributed by atoms with Crippen molar-refractivity contribution in [1.82, 2.24) is 24.8 Å². The third-order valence-electron chi connectivity index (χ3n) is 8.19. The molecule has 0 radical (unpaired) electrons. The molecular formula is C36H42N6O5. The Kier molecular flexibility index (Phi) is 10.4. The molecule has 11 heteroatoms. The van der Waals surface area contributed by atoms with E-state index in [1.807, 2.05) is 74.5 Å². The van der Waals surface area contributed by atoms with Crippen molar-refractivity contribution in [3.8, 4) is 5.75 Å². The number of rotatable bonds is 14. The van der Waals surface area contributed by atoms with Gasteiger partial charge in [-0.05, 0) is 42.7 Å². The summed E-state index contributed by atoms with van der Waals surface area (Å²) in [7, 11) is 1.53. The molecule has 11 nitrogen and oxygen atoms in total. The van der Waals surface area contributed by atoms with Gasteiger partial charge in [-0.15, -0.1) is 0 Å². The van der Waals surface area contributed by atoms with Crippen LogP contribution in [0.4, 0.5) is 5.82 Å². The van der Waals surface area contributed by atoms with Crippen LogP contribution in [0.2, 0.25) is 0 Å². The van der Waals surface area contributed by atoms with Gasteiger partial charge in [0.2, 0.25) is 0 Å². The van der Waals surface area contributed by atoms with Crippen LogP contribution in [0.3, 0.4) is 0 Å². The minimum absolute atomic E-state index is 0.0543. The number of nitrogens with one attached hydrogen (secondary N) is 2. The number of hydrogen-bond donors (Lipinski definition) is 4. The molecule has 1 aliphatic rings. The molecule has 2 aromatic heterocycles. The average molecular weight is 639 g/mol. The summed E-state index contributed by atoms with van der Waals surface area (Å²) < 4.78 is 18.7. The second-order valence-corrected chi connectivity index (χ2v) is 12.0. The van der Waals surface area contributed by atoms with Gasteiger partial charge in [0.05, 0.1) is 25.6 Å². The van der Waals surface area contributed by atoms with Gasteiger partial charge in [-0.25, -0.2) is 15.0 Å². The van der Waals surface area contributed by atoms with Gasteiger partial charge in [-0.1, -0.05) is 72.8 Å². The monoisotopic (exact) mass is 638 g/mol. The highest BCUT2D eigenvalue weighted by Gasteiger charge is 2.44. The summed E-state index contributed by atoms with van der Waals surface area (Å²) in [5.74, 6) is 2.00. The maximum absolute atomic E-state index is 10.9. The van der Waals surface area contributed by atoms with E-state index in [1.54, 1.807) is 10.9 Å². The standard InChI is InChI=1S/C36H42N6O5/c1-23(2)46-27-16-14-24(15-17-27)18-37-20-30-40-34(38-19-28(25-10-6-4-7-11-25)26-12-8-5-9-13-26)31-35(41-30)42(22-39-31)36-33(44)32(43)29(47-36)21-45-3/h4-17,22-23,28-29,32-33,36-37,43-44H,18-21H2,1-3H3,(H,38,40,41)/t29-,32-,33-,36-/m1/s1. The zero-order chi connectivity index (χ0) is 32.8. The first-order valence-electron chi connectivity index (χ1n) is 15.9. The summed E-state index contributed by atoms with van der Waals surface area (Å²) in [6, 6.07) is 28.7. The lowest BCUT2D eigenvalue weighted by atomic mass is 9.91. The summed E-state index contributed by atoms with van der Waals surface area (Å²) >= 11 is 0. The van der Waals surface area contributed by atoms with Gasteiger partial charge < -0.3 is 35.1 Å². The molecule has 47 heavy (non-hydrogen) atoms. The number of benzene rings is 3. The number of aromatic nitrogens is 4. The first-order valence-corrected chi connectivity index (χ1v) is 15.9. The molecule has 1 aliphatic heterocycles. The molecular weight excluding hydrogens is 596 g/mol. The summed E-state index contributed by atoms with van der Waals surface area (Å²) in [5.41, 5.74) is 4.47. The van der Waals surface area contributed by atoms with E-state index < -0.39 is 24.5 Å². The van der Waals surface area contributed by atoms with E-state index in [0.717, 1.165) is 11.3 Å². The van der Waals surface area contributed by atoms with Crippen molar-refractivity contribution in [3.05, 3.63) is 114 Å². The first-order chi connectivity index (χ1) is 22.9. The van der Waals surface area contributed by atoms with Crippen LogP contribution in [0.5, 0.6) is 5.75 Å². The fourth-order valence-corrected chi connectivity index (χ4v) is 5.89. The van der Waals surface area contributed by atoms with E-state index in [2.05, 4.69) is 39.9 Å². The SMILES string of the molecule is COC[C@H]1O[C@@H](n2cnc3c(NCC(c4ccccc4)c4ccccc4)nc(CNCc4ccc(OC(C)C)cc4)nc32)[C@H](O)[C@@H]1O. The van der Waals surface area contributed by atoms with E-state index in [9.17, 15) is 10.2 Å². The molecule has 0 amide bonds. The maximum Gasteiger partial charge on any atom is 0.168 e. The summed E-state index contributed by atoms with van der Waals surface area (Å²) in [4.78, 5) is 14.4. The van der Waals surface area contributed by atoms with Crippen molar-refractivity contribution < 1.29 is 24.4 Å². The second-order valence-electron chi connectivity index (χ2n) is 12.0. The molecule has 0 spiro atoms. The predicted octanol–water partition coefficient (Wildman–Crippen LogP) is 4.41. The number of anilines is 1. The summed E-state index contributed by atoms with van der Waals surface area (Å²) in [6.07, 6.45) is -2.21. The van der Waals surface area contributed by atoms with Gasteiger partial charge in [0.15, 0.2) is 23.2 Å². The van der Waals surface area contributed by atoms with E-state index in [-0.39, 0.29) is 18.6 Å². The van der Waals surface area contributed by atoms with Crippen LogP contribution in [-0.2, 0) is 22.6 Å². The topological polar surface area (TPSA) is 136 Å². The molecule has 1 fully saturated rings. The van der Waals surface area contributed by atoms with Crippen LogP contribution in [-0.4, -0.2) is 74.4 Å². The number of ether oxygens (including phenoxy) is 3. The Morgan fingerprint density at radius 3 is 2.19 bits per heavy atom. The zero-order valence-corrected chi connectivity index (χ0v) is 26.9. The lowest BCUT2D eigenvalue weighted by molar-refractivity contribution is -0.0580. The maximum atomic E-state index is 10.9. The Morgan fingerprint density at radius 1 is 0.872 bits per heavy atom. The normalized spacial score (nSPS) is 19.6. The molecule has 3 aromatic carbocycles. The molecule has 1 saturated heterocycles. The minimum atomic E-state index is -1.19. The number of aliphatic hydroxyl groups is 2. The molecule has 5 aromatic rings. The molecule has 246 valence electrons. The number of fused-ring (bicyclic) bond motifs is 1. The van der Waals surface area contributed by atoms with Gasteiger partial charge in [-0.2, -0.15) is 0 Å². The number of nitrogens with zero attached hydrogens (tertiary/aromatic N) is 4. The molecule has 6 rings (SSSR count). The van der Waals surface area contributed by atoms with Crippen molar-refractivity contribution in [3.63, 3.8) is 0 Å². The Morgan fingerprint density at radius 2 is 1.55 bits per heavy atom. The lowest BCUT2D eigenvalue weighted by Gasteiger charge is -2.20. The van der Waals surface area contributed by atoms with Gasteiger partial charge in [-0.3, -0.25) is 4.57 Å². The first kappa shape index (κ1) is 32.5. The van der Waals surface area contributed by atoms with E-state index in [1.165, 1.54) is 18.2 Å². The fourth-order valence-electron chi connectivity index (χ4n) is 5.89. The molecule has 4 atom stereocenters. The molecule has 0 unspecified atom stereocenters. The van der Waals surface area contributed by atoms with Gasteiger partial charge in [0.1, 0.15) is 29.9 Å². The zero-order valence-electron chi connectivity index (χ0n) is 26.9. The Bertz CT molecular complexity index is 1680. The quantitative estimate of drug-likeness (QED) is 0.139. The van der Waals surface area contributed by atoms with Crippen molar-refractivity contribution >= 4 is 17.0 Å². The third-order valence-corrected chi connectivity index (χ3v) is 8.19. The second kappa shape index (κ2) is 15.0. The Hall–Kier alpha value is -4.39. The van der Waals surface area contributed by atoms with Crippen LogP contribution in [0.25, 0.3) is 11.2 Å². The highest BCUT2D eigenvalue weighted by Crippen LogP contribution is 2.33. The average Bonchev–Trinajstić information content (AvgIpc) is 3.63. The molecule has 0 bridgehead atoms. The number of aliphatic hydroxyl groups excluding tert-OH is 2. The summed E-state index contributed by atoms with van der Waals surface area (Å²) in [5, 5.41) is 28.6.